The van der Waals surface area contributed by atoms with Crippen molar-refractivity contribution < 1.29 is 0 Å². The van der Waals surface area contributed by atoms with Gasteiger partial charge in [0.2, 0.25) is 0 Å². The van der Waals surface area contributed by atoms with Crippen molar-refractivity contribution in [3.63, 3.8) is 0 Å². The van der Waals surface area contributed by atoms with Crippen molar-refractivity contribution in [3.8, 4) is 0 Å². The first-order chi connectivity index (χ1) is 6.88. The van der Waals surface area contributed by atoms with Gasteiger partial charge in [-0.25, -0.2) is 0 Å². The van der Waals surface area contributed by atoms with E-state index in [0.29, 0.717) is 0 Å². The average Bonchev–Trinajstić information content (AvgIpc) is 2.20. The molecule has 0 unspecified atom stereocenters. The Morgan fingerprint density at radius 3 is 2.53 bits per heavy atom. The van der Waals surface area contributed by atoms with E-state index in [-0.39, 0.29) is 5.54 Å². The van der Waals surface area contributed by atoms with Gasteiger partial charge in [-0.2, -0.15) is 0 Å². The molecule has 0 saturated carbocycles. The molecule has 0 atom stereocenters. The minimum atomic E-state index is 0.0821. The molecule has 0 aliphatic rings. The highest BCUT2D eigenvalue weighted by Crippen LogP contribution is 2.31. The molecule has 0 bridgehead atoms. The smallest absolute Gasteiger partial charge is 0.0616 e. The van der Waals surface area contributed by atoms with Crippen LogP contribution in [-0.2, 0) is 0 Å². The fourth-order valence-electron chi connectivity index (χ4n) is 1.37. The van der Waals surface area contributed by atoms with Gasteiger partial charge in [-0.05, 0) is 38.5 Å². The zero-order valence-electron chi connectivity index (χ0n) is 9.84. The topological polar surface area (TPSA) is 29.3 Å². The Morgan fingerprint density at radius 1 is 1.40 bits per heavy atom. The van der Waals surface area contributed by atoms with Gasteiger partial charge in [0.1, 0.15) is 0 Å². The van der Waals surface area contributed by atoms with Gasteiger partial charge in [0, 0.05) is 17.6 Å². The molecule has 2 nitrogen and oxygen atoms in total. The number of nitrogen functional groups attached to an aromatic ring is 1. The van der Waals surface area contributed by atoms with E-state index in [2.05, 4.69) is 25.7 Å². The van der Waals surface area contributed by atoms with Gasteiger partial charge in [-0.1, -0.05) is 18.5 Å². The highest BCUT2D eigenvalue weighted by molar-refractivity contribution is 6.31. The van der Waals surface area contributed by atoms with Crippen molar-refractivity contribution in [2.75, 3.05) is 17.7 Å². The molecule has 1 aromatic carbocycles. The molecule has 0 fully saturated rings. The van der Waals surface area contributed by atoms with Crippen LogP contribution >= 0.6 is 11.6 Å². The number of nitrogens with two attached hydrogens (primary N) is 1. The third-order valence-corrected chi connectivity index (χ3v) is 3.36. The highest BCUT2D eigenvalue weighted by Gasteiger charge is 2.22. The molecular weight excluding hydrogens is 208 g/mol. The molecule has 1 aromatic rings. The average molecular weight is 227 g/mol. The van der Waals surface area contributed by atoms with Gasteiger partial charge in [0.15, 0.2) is 0 Å². The fourth-order valence-corrected chi connectivity index (χ4v) is 1.54. The molecular formula is C12H19ClN2. The van der Waals surface area contributed by atoms with Crippen LogP contribution < -0.4 is 10.6 Å². The van der Waals surface area contributed by atoms with E-state index in [1.807, 2.05) is 25.2 Å². The molecule has 0 aromatic heterocycles. The normalized spacial score (nSPS) is 11.5. The first-order valence-corrected chi connectivity index (χ1v) is 5.55. The van der Waals surface area contributed by atoms with Crippen LogP contribution in [0.5, 0.6) is 0 Å². The van der Waals surface area contributed by atoms with E-state index in [1.165, 1.54) is 0 Å². The summed E-state index contributed by atoms with van der Waals surface area (Å²) in [6.45, 7) is 6.54. The Bertz CT molecular complexity index is 347. The largest absolute Gasteiger partial charge is 0.397 e. The lowest BCUT2D eigenvalue weighted by molar-refractivity contribution is 0.471. The molecule has 15 heavy (non-hydrogen) atoms. The third-order valence-electron chi connectivity index (χ3n) is 3.13. The first kappa shape index (κ1) is 12.2. The van der Waals surface area contributed by atoms with Gasteiger partial charge >= 0.3 is 0 Å². The van der Waals surface area contributed by atoms with Crippen molar-refractivity contribution in [1.82, 2.24) is 0 Å². The minimum Gasteiger partial charge on any atom is -0.397 e. The van der Waals surface area contributed by atoms with E-state index in [4.69, 9.17) is 17.3 Å². The number of nitrogens with zero attached hydrogens (tertiary/aromatic N) is 1. The summed E-state index contributed by atoms with van der Waals surface area (Å²) < 4.78 is 0. The molecule has 3 heteroatoms. The van der Waals surface area contributed by atoms with Gasteiger partial charge in [0.25, 0.3) is 0 Å². The number of benzene rings is 1. The second kappa shape index (κ2) is 4.31. The number of rotatable bonds is 3. The standard InChI is InChI=1S/C12H19ClN2/c1-5-12(2,3)15(4)11-8-9(13)6-7-10(11)14/h6-8H,5,14H2,1-4H3. The quantitative estimate of drug-likeness (QED) is 0.799. The van der Waals surface area contributed by atoms with Crippen LogP contribution in [0.2, 0.25) is 5.02 Å². The molecule has 0 saturated heterocycles. The van der Waals surface area contributed by atoms with Gasteiger partial charge < -0.3 is 10.6 Å². The Balaban J connectivity index is 3.10. The summed E-state index contributed by atoms with van der Waals surface area (Å²) in [6, 6.07) is 5.57. The maximum atomic E-state index is 5.97. The highest BCUT2D eigenvalue weighted by atomic mass is 35.5. The van der Waals surface area contributed by atoms with E-state index < -0.39 is 0 Å². The molecule has 0 aliphatic heterocycles. The fraction of sp³-hybridized carbons (Fsp3) is 0.500. The Kier molecular flexibility index (Phi) is 3.50. The lowest BCUT2D eigenvalue weighted by atomic mass is 9.99. The van der Waals surface area contributed by atoms with Crippen LogP contribution in [0.1, 0.15) is 27.2 Å². The van der Waals surface area contributed by atoms with Crippen molar-refractivity contribution in [3.05, 3.63) is 23.2 Å². The molecule has 0 heterocycles. The number of halogens is 1. The summed E-state index contributed by atoms with van der Waals surface area (Å²) in [5.41, 5.74) is 7.79. The molecule has 0 amide bonds. The van der Waals surface area contributed by atoms with Gasteiger partial charge in [-0.3, -0.25) is 0 Å². The summed E-state index contributed by atoms with van der Waals surface area (Å²) in [6.07, 6.45) is 1.05. The van der Waals surface area contributed by atoms with Crippen molar-refractivity contribution in [1.29, 1.82) is 0 Å². The number of anilines is 2. The molecule has 1 rings (SSSR count). The Morgan fingerprint density at radius 2 is 2.00 bits per heavy atom. The zero-order valence-corrected chi connectivity index (χ0v) is 10.6. The van der Waals surface area contributed by atoms with Crippen LogP contribution in [-0.4, -0.2) is 12.6 Å². The summed E-state index contributed by atoms with van der Waals surface area (Å²) in [4.78, 5) is 2.17. The maximum Gasteiger partial charge on any atom is 0.0616 e. The number of hydrogen-bond donors (Lipinski definition) is 1. The molecule has 84 valence electrons. The second-order valence-electron chi connectivity index (χ2n) is 4.43. The summed E-state index contributed by atoms with van der Waals surface area (Å²) in [7, 11) is 2.05. The number of hydrogen-bond acceptors (Lipinski definition) is 2. The van der Waals surface area contributed by atoms with Gasteiger partial charge in [0.05, 0.1) is 11.4 Å². The summed E-state index contributed by atoms with van der Waals surface area (Å²) in [5.74, 6) is 0. The summed E-state index contributed by atoms with van der Waals surface area (Å²) in [5, 5.41) is 0.720. The monoisotopic (exact) mass is 226 g/mol. The predicted octanol–water partition coefficient (Wildman–Crippen LogP) is 3.55. The van der Waals surface area contributed by atoms with E-state index in [9.17, 15) is 0 Å². The maximum absolute atomic E-state index is 5.97. The van der Waals surface area contributed by atoms with Crippen molar-refractivity contribution >= 4 is 23.0 Å². The van der Waals surface area contributed by atoms with Crippen LogP contribution in [0.25, 0.3) is 0 Å². The van der Waals surface area contributed by atoms with Gasteiger partial charge in [-0.15, -0.1) is 0 Å². The van der Waals surface area contributed by atoms with Crippen LogP contribution in [0, 0.1) is 0 Å². The first-order valence-electron chi connectivity index (χ1n) is 5.17. The minimum absolute atomic E-state index is 0.0821. The lowest BCUT2D eigenvalue weighted by Crippen LogP contribution is -2.40. The zero-order chi connectivity index (χ0) is 11.6. The van der Waals surface area contributed by atoms with E-state index >= 15 is 0 Å². The molecule has 0 aliphatic carbocycles. The Labute approximate surface area is 97.0 Å². The SMILES string of the molecule is CCC(C)(C)N(C)c1cc(Cl)ccc1N. The van der Waals surface area contributed by atoms with Crippen LogP contribution in [0.4, 0.5) is 11.4 Å². The molecule has 2 N–H and O–H groups in total. The predicted molar refractivity (Wildman–Crippen MR) is 68.6 cm³/mol. The van der Waals surface area contributed by atoms with Crippen molar-refractivity contribution in [2.45, 2.75) is 32.7 Å². The Hall–Kier alpha value is -0.890. The van der Waals surface area contributed by atoms with E-state index in [1.54, 1.807) is 0 Å². The molecule has 0 radical (unpaired) electrons. The lowest BCUT2D eigenvalue weighted by Gasteiger charge is -2.37. The van der Waals surface area contributed by atoms with E-state index in [0.717, 1.165) is 22.8 Å². The summed E-state index contributed by atoms with van der Waals surface area (Å²) >= 11 is 5.97. The van der Waals surface area contributed by atoms with Crippen molar-refractivity contribution in [2.24, 2.45) is 0 Å². The third kappa shape index (κ3) is 2.57. The second-order valence-corrected chi connectivity index (χ2v) is 4.86. The van der Waals surface area contributed by atoms with Crippen LogP contribution in [0.15, 0.2) is 18.2 Å². The van der Waals surface area contributed by atoms with Crippen LogP contribution in [0.3, 0.4) is 0 Å². The molecule has 0 spiro atoms.